The van der Waals surface area contributed by atoms with Crippen molar-refractivity contribution >= 4 is 5.91 Å². The standard InChI is InChI=1S/C10H7F6NO.CH4/c1-17-8(18)5-2-6(9(11,12)13)4-7(3-5)10(14,15)16;/h2-4H,1H3,(H,17,18);1H4. The second-order valence-corrected chi connectivity index (χ2v) is 3.37. The summed E-state index contributed by atoms with van der Waals surface area (Å²) >= 11 is 0. The van der Waals surface area contributed by atoms with Gasteiger partial charge in [0.25, 0.3) is 5.91 Å². The zero-order valence-corrected chi connectivity index (χ0v) is 8.91. The van der Waals surface area contributed by atoms with E-state index in [0.717, 1.165) is 7.05 Å². The third-order valence-corrected chi connectivity index (χ3v) is 2.08. The SMILES string of the molecule is C.CNC(=O)c1cc(C(F)(F)F)cc(C(F)(F)F)c1. The van der Waals surface area contributed by atoms with Crippen LogP contribution < -0.4 is 5.32 Å². The maximum Gasteiger partial charge on any atom is 0.416 e. The lowest BCUT2D eigenvalue weighted by molar-refractivity contribution is -0.143. The Hall–Kier alpha value is -1.73. The molecule has 0 aliphatic rings. The minimum Gasteiger partial charge on any atom is -0.355 e. The molecule has 108 valence electrons. The fraction of sp³-hybridized carbons (Fsp3) is 0.364. The third-order valence-electron chi connectivity index (χ3n) is 2.08. The van der Waals surface area contributed by atoms with E-state index in [1.807, 2.05) is 5.32 Å². The Morgan fingerprint density at radius 1 is 0.947 bits per heavy atom. The molecule has 0 aromatic heterocycles. The molecule has 0 radical (unpaired) electrons. The predicted molar refractivity (Wildman–Crippen MR) is 56.6 cm³/mol. The molecule has 0 saturated carbocycles. The van der Waals surface area contributed by atoms with Crippen LogP contribution in [0.3, 0.4) is 0 Å². The summed E-state index contributed by atoms with van der Waals surface area (Å²) in [5.74, 6) is -1.02. The van der Waals surface area contributed by atoms with E-state index in [1.54, 1.807) is 0 Å². The Kier molecular flexibility index (Phi) is 5.00. The summed E-state index contributed by atoms with van der Waals surface area (Å²) in [6.07, 6.45) is -9.91. The van der Waals surface area contributed by atoms with Gasteiger partial charge in [0, 0.05) is 12.6 Å². The molecule has 19 heavy (non-hydrogen) atoms. The van der Waals surface area contributed by atoms with E-state index in [1.165, 1.54) is 0 Å². The fourth-order valence-corrected chi connectivity index (χ4v) is 1.23. The Labute approximate surface area is 105 Å². The van der Waals surface area contributed by atoms with Crippen LogP contribution in [0.2, 0.25) is 0 Å². The van der Waals surface area contributed by atoms with Gasteiger partial charge in [-0.3, -0.25) is 4.79 Å². The maximum absolute atomic E-state index is 12.4. The second kappa shape index (κ2) is 5.50. The Morgan fingerprint density at radius 2 is 1.32 bits per heavy atom. The molecule has 1 aromatic carbocycles. The molecule has 8 heteroatoms. The second-order valence-electron chi connectivity index (χ2n) is 3.37. The van der Waals surface area contributed by atoms with Gasteiger partial charge < -0.3 is 5.32 Å². The number of halogens is 6. The number of benzene rings is 1. The minimum atomic E-state index is -4.95. The van der Waals surface area contributed by atoms with E-state index < -0.39 is 35.0 Å². The topological polar surface area (TPSA) is 29.1 Å². The van der Waals surface area contributed by atoms with Crippen molar-refractivity contribution in [1.29, 1.82) is 0 Å². The van der Waals surface area contributed by atoms with Crippen LogP contribution in [0.25, 0.3) is 0 Å². The molecule has 0 heterocycles. The van der Waals surface area contributed by atoms with Crippen LogP contribution in [0.5, 0.6) is 0 Å². The summed E-state index contributed by atoms with van der Waals surface area (Å²) in [5, 5.41) is 1.96. The lowest BCUT2D eigenvalue weighted by Gasteiger charge is -2.13. The number of amides is 1. The number of carbonyl (C=O) groups is 1. The molecule has 0 aliphatic heterocycles. The zero-order valence-electron chi connectivity index (χ0n) is 8.91. The highest BCUT2D eigenvalue weighted by Crippen LogP contribution is 2.36. The third kappa shape index (κ3) is 4.15. The first-order valence-corrected chi connectivity index (χ1v) is 4.57. The van der Waals surface area contributed by atoms with Crippen molar-refractivity contribution < 1.29 is 31.1 Å². The number of nitrogens with one attached hydrogen (secondary N) is 1. The number of hydrogen-bond donors (Lipinski definition) is 1. The van der Waals surface area contributed by atoms with Crippen molar-refractivity contribution in [3.8, 4) is 0 Å². The van der Waals surface area contributed by atoms with Gasteiger partial charge in [-0.05, 0) is 18.2 Å². The van der Waals surface area contributed by atoms with Gasteiger partial charge in [-0.2, -0.15) is 26.3 Å². The number of carbonyl (C=O) groups excluding carboxylic acids is 1. The highest BCUT2D eigenvalue weighted by atomic mass is 19.4. The molecule has 0 atom stereocenters. The van der Waals surface area contributed by atoms with Crippen molar-refractivity contribution in [3.05, 3.63) is 34.9 Å². The van der Waals surface area contributed by atoms with E-state index in [0.29, 0.717) is 12.1 Å². The van der Waals surface area contributed by atoms with Crippen molar-refractivity contribution in [1.82, 2.24) is 5.32 Å². The largest absolute Gasteiger partial charge is 0.416 e. The van der Waals surface area contributed by atoms with Crippen LogP contribution in [-0.4, -0.2) is 13.0 Å². The average molecular weight is 287 g/mol. The molecule has 1 N–H and O–H groups in total. The summed E-state index contributed by atoms with van der Waals surface area (Å²) in [5.41, 5.74) is -3.73. The molecule has 1 aromatic rings. The van der Waals surface area contributed by atoms with Crippen LogP contribution in [0.4, 0.5) is 26.3 Å². The molecule has 1 rings (SSSR count). The summed E-state index contributed by atoms with van der Waals surface area (Å²) in [4.78, 5) is 11.1. The van der Waals surface area contributed by atoms with E-state index in [9.17, 15) is 31.1 Å². The van der Waals surface area contributed by atoms with E-state index in [-0.39, 0.29) is 13.5 Å². The smallest absolute Gasteiger partial charge is 0.355 e. The van der Waals surface area contributed by atoms with Crippen LogP contribution >= 0.6 is 0 Å². The van der Waals surface area contributed by atoms with E-state index in [4.69, 9.17) is 0 Å². The monoisotopic (exact) mass is 287 g/mol. The first-order valence-electron chi connectivity index (χ1n) is 4.57. The summed E-state index contributed by atoms with van der Waals surface area (Å²) in [7, 11) is 1.11. The fourth-order valence-electron chi connectivity index (χ4n) is 1.23. The van der Waals surface area contributed by atoms with Crippen molar-refractivity contribution in [3.63, 3.8) is 0 Å². The Balaban J connectivity index is 0.00000324. The van der Waals surface area contributed by atoms with Gasteiger partial charge in [0.15, 0.2) is 0 Å². The molecular weight excluding hydrogens is 276 g/mol. The van der Waals surface area contributed by atoms with Crippen LogP contribution in [0.15, 0.2) is 18.2 Å². The van der Waals surface area contributed by atoms with Crippen molar-refractivity contribution in [2.75, 3.05) is 7.05 Å². The van der Waals surface area contributed by atoms with Crippen molar-refractivity contribution in [2.45, 2.75) is 19.8 Å². The Bertz CT molecular complexity index is 431. The normalized spacial score (nSPS) is 11.7. The molecule has 0 spiro atoms. The van der Waals surface area contributed by atoms with Gasteiger partial charge in [-0.1, -0.05) is 7.43 Å². The van der Waals surface area contributed by atoms with Gasteiger partial charge in [0.2, 0.25) is 0 Å². The van der Waals surface area contributed by atoms with E-state index in [2.05, 4.69) is 0 Å². The molecule has 0 bridgehead atoms. The van der Waals surface area contributed by atoms with Crippen molar-refractivity contribution in [2.24, 2.45) is 0 Å². The minimum absolute atomic E-state index is 0. The first-order chi connectivity index (χ1) is 8.05. The molecule has 0 saturated heterocycles. The van der Waals surface area contributed by atoms with Crippen LogP contribution in [-0.2, 0) is 12.4 Å². The van der Waals surface area contributed by atoms with Gasteiger partial charge in [-0.15, -0.1) is 0 Å². The summed E-state index contributed by atoms with van der Waals surface area (Å²) in [6.45, 7) is 0. The van der Waals surface area contributed by atoms with Crippen LogP contribution in [0.1, 0.15) is 28.9 Å². The lowest BCUT2D eigenvalue weighted by Crippen LogP contribution is -2.20. The number of hydrogen-bond acceptors (Lipinski definition) is 1. The summed E-state index contributed by atoms with van der Waals surface area (Å²) in [6, 6.07) is 0.703. The summed E-state index contributed by atoms with van der Waals surface area (Å²) < 4.78 is 74.4. The highest BCUT2D eigenvalue weighted by molar-refractivity contribution is 5.94. The maximum atomic E-state index is 12.4. The van der Waals surface area contributed by atoms with E-state index >= 15 is 0 Å². The quantitative estimate of drug-likeness (QED) is 0.784. The van der Waals surface area contributed by atoms with Gasteiger partial charge in [-0.25, -0.2) is 0 Å². The first kappa shape index (κ1) is 17.3. The predicted octanol–water partition coefficient (Wildman–Crippen LogP) is 3.72. The highest BCUT2D eigenvalue weighted by Gasteiger charge is 2.37. The molecule has 2 nitrogen and oxygen atoms in total. The van der Waals surface area contributed by atoms with Gasteiger partial charge in [0.1, 0.15) is 0 Å². The number of rotatable bonds is 1. The zero-order chi connectivity index (χ0) is 14.1. The molecule has 0 fully saturated rings. The molecule has 1 amide bonds. The molecule has 0 aliphatic carbocycles. The van der Waals surface area contributed by atoms with Crippen LogP contribution in [0, 0.1) is 0 Å². The van der Waals surface area contributed by atoms with Gasteiger partial charge >= 0.3 is 12.4 Å². The molecular formula is C11H11F6NO. The Morgan fingerprint density at radius 3 is 1.58 bits per heavy atom. The van der Waals surface area contributed by atoms with Gasteiger partial charge in [0.05, 0.1) is 11.1 Å². The lowest BCUT2D eigenvalue weighted by atomic mass is 10.0. The average Bonchev–Trinajstić information content (AvgIpc) is 2.25. The molecule has 0 unspecified atom stereocenters. The number of alkyl halides is 6.